The van der Waals surface area contributed by atoms with Crippen molar-refractivity contribution in [2.75, 3.05) is 0 Å². The fraction of sp³-hybridized carbons (Fsp3) is 0.0714. The number of hydrogen-bond acceptors (Lipinski definition) is 12. The van der Waals surface area contributed by atoms with Gasteiger partial charge in [0.2, 0.25) is 0 Å². The molecule has 0 bridgehead atoms. The zero-order valence-electron chi connectivity index (χ0n) is 36.6. The van der Waals surface area contributed by atoms with Crippen molar-refractivity contribution >= 4 is 41.5 Å². The Morgan fingerprint density at radius 2 is 0.319 bits per heavy atom. The Morgan fingerprint density at radius 3 is 0.391 bits per heavy atom. The van der Waals surface area contributed by atoms with E-state index in [1.807, 2.05) is 0 Å². The number of carbonyl (C=O) groups excluding carboxylic acids is 4. The van der Waals surface area contributed by atoms with E-state index >= 15 is 0 Å². The summed E-state index contributed by atoms with van der Waals surface area (Å²) in [4.78, 5) is 45.0. The van der Waals surface area contributed by atoms with Crippen LogP contribution in [0.15, 0.2) is 243 Å². The van der Waals surface area contributed by atoms with Crippen LogP contribution in [0, 0.1) is 0 Å². The van der Waals surface area contributed by atoms with Gasteiger partial charge in [0.05, 0.1) is 23.9 Å². The van der Waals surface area contributed by atoms with Gasteiger partial charge in [0.25, 0.3) is 0 Å². The molecule has 0 aromatic heterocycles. The van der Waals surface area contributed by atoms with Crippen LogP contribution < -0.4 is 20.4 Å². The van der Waals surface area contributed by atoms with Crippen molar-refractivity contribution in [2.45, 2.75) is 22.4 Å². The molecule has 0 spiro atoms. The average molecular weight is 982 g/mol. The quantitative estimate of drug-likeness (QED) is 0.129. The first-order valence-corrected chi connectivity index (χ1v) is 20.8. The Labute approximate surface area is 409 Å². The Hall–Kier alpha value is -7.98. The van der Waals surface area contributed by atoms with E-state index in [0.29, 0.717) is 0 Å². The summed E-state index contributed by atoms with van der Waals surface area (Å²) in [6.45, 7) is 0. The minimum Gasteiger partial charge on any atom is -0.546 e. The standard InChI is InChI=1S/4C14H12O3.Ge/c4*15-13(16)14(17,11-7-3-1-4-8-11)12-9-5-2-6-10-12;/h4*1-10,17H,(H,15,16);/q;;;;+4/p-4. The van der Waals surface area contributed by atoms with Gasteiger partial charge in [-0.3, -0.25) is 0 Å². The van der Waals surface area contributed by atoms with E-state index in [-0.39, 0.29) is 62.1 Å². The minimum atomic E-state index is -2.11. The van der Waals surface area contributed by atoms with Gasteiger partial charge in [0, 0.05) is 0 Å². The van der Waals surface area contributed by atoms with Crippen molar-refractivity contribution in [3.05, 3.63) is 287 Å². The van der Waals surface area contributed by atoms with Crippen molar-refractivity contribution in [2.24, 2.45) is 0 Å². The molecule has 0 aliphatic carbocycles. The molecule has 344 valence electrons. The number of aliphatic hydroxyl groups is 4. The molecule has 0 unspecified atom stereocenters. The molecule has 0 saturated carbocycles. The maximum absolute atomic E-state index is 11.3. The SMILES string of the molecule is O=C([O-])C(O)(c1ccccc1)c1ccccc1.O=C([O-])C(O)(c1ccccc1)c1ccccc1.O=C([O-])C(O)(c1ccccc1)c1ccccc1.O=C([O-])C(O)(c1ccccc1)c1ccccc1.[Ge+4]. The Balaban J connectivity index is 0.000000199. The maximum Gasteiger partial charge on any atom is 4.00 e. The van der Waals surface area contributed by atoms with E-state index < -0.39 is 46.3 Å². The summed E-state index contributed by atoms with van der Waals surface area (Å²) >= 11 is 0. The molecule has 0 atom stereocenters. The van der Waals surface area contributed by atoms with Gasteiger partial charge >= 0.3 is 17.6 Å². The fourth-order valence-electron chi connectivity index (χ4n) is 7.04. The van der Waals surface area contributed by atoms with Crippen molar-refractivity contribution in [1.29, 1.82) is 0 Å². The number of carboxylic acids is 4. The van der Waals surface area contributed by atoms with Crippen molar-refractivity contribution in [3.8, 4) is 0 Å². The minimum absolute atomic E-state index is 0. The molecule has 69 heavy (non-hydrogen) atoms. The molecule has 0 amide bonds. The van der Waals surface area contributed by atoms with Crippen LogP contribution in [0.1, 0.15) is 44.5 Å². The molecule has 0 fully saturated rings. The molecule has 0 radical (unpaired) electrons. The van der Waals surface area contributed by atoms with Crippen LogP contribution in [-0.2, 0) is 41.6 Å². The van der Waals surface area contributed by atoms with Gasteiger partial charge in [-0.05, 0) is 44.5 Å². The molecule has 8 aromatic carbocycles. The van der Waals surface area contributed by atoms with E-state index in [4.69, 9.17) is 0 Å². The van der Waals surface area contributed by atoms with Gasteiger partial charge < -0.3 is 60.0 Å². The normalized spacial score (nSPS) is 11.0. The number of rotatable bonds is 12. The first-order chi connectivity index (χ1) is 32.6. The third kappa shape index (κ3) is 12.3. The second-order valence-electron chi connectivity index (χ2n) is 14.9. The number of carboxylic acid groups (broad SMARTS) is 4. The summed E-state index contributed by atoms with van der Waals surface area (Å²) in [5.74, 6) is -6.13. The van der Waals surface area contributed by atoms with Gasteiger partial charge in [0.15, 0.2) is 22.4 Å². The molecule has 0 aliphatic heterocycles. The third-order valence-electron chi connectivity index (χ3n) is 10.7. The van der Waals surface area contributed by atoms with Gasteiger partial charge in [0.1, 0.15) is 0 Å². The van der Waals surface area contributed by atoms with Gasteiger partial charge in [-0.25, -0.2) is 0 Å². The van der Waals surface area contributed by atoms with E-state index in [2.05, 4.69) is 0 Å². The first kappa shape index (κ1) is 53.6. The Morgan fingerprint density at radius 1 is 0.232 bits per heavy atom. The summed E-state index contributed by atoms with van der Waals surface area (Å²) in [6.07, 6.45) is 0. The third-order valence-corrected chi connectivity index (χ3v) is 10.7. The molecule has 13 heteroatoms. The fourth-order valence-corrected chi connectivity index (χ4v) is 7.04. The predicted octanol–water partition coefficient (Wildman–Crippen LogP) is 2.31. The van der Waals surface area contributed by atoms with Crippen LogP contribution in [0.25, 0.3) is 0 Å². The van der Waals surface area contributed by atoms with Crippen LogP contribution in [0.3, 0.4) is 0 Å². The molecular formula is C56H44GeO12. The maximum atomic E-state index is 11.3. The summed E-state index contributed by atoms with van der Waals surface area (Å²) in [7, 11) is 0. The van der Waals surface area contributed by atoms with Crippen LogP contribution in [0.5, 0.6) is 0 Å². The molecule has 4 N–H and O–H groups in total. The molecule has 0 heterocycles. The number of carbonyl (C=O) groups is 4. The summed E-state index contributed by atoms with van der Waals surface area (Å²) in [5.41, 5.74) is -6.17. The molecule has 8 rings (SSSR count). The van der Waals surface area contributed by atoms with E-state index in [0.717, 1.165) is 0 Å². The van der Waals surface area contributed by atoms with Crippen LogP contribution in [-0.4, -0.2) is 61.9 Å². The van der Waals surface area contributed by atoms with E-state index in [1.165, 1.54) is 0 Å². The van der Waals surface area contributed by atoms with E-state index in [9.17, 15) is 60.0 Å². The molecule has 8 aromatic rings. The van der Waals surface area contributed by atoms with Crippen molar-refractivity contribution < 1.29 is 60.0 Å². The first-order valence-electron chi connectivity index (χ1n) is 20.8. The van der Waals surface area contributed by atoms with Crippen molar-refractivity contribution in [1.82, 2.24) is 0 Å². The molecule has 0 aliphatic rings. The van der Waals surface area contributed by atoms with Crippen molar-refractivity contribution in [3.63, 3.8) is 0 Å². The topological polar surface area (TPSA) is 241 Å². The van der Waals surface area contributed by atoms with Gasteiger partial charge in [-0.15, -0.1) is 0 Å². The molecular weight excluding hydrogens is 937 g/mol. The molecule has 12 nitrogen and oxygen atoms in total. The monoisotopic (exact) mass is 982 g/mol. The Kier molecular flexibility index (Phi) is 19.2. The van der Waals surface area contributed by atoms with Crippen LogP contribution >= 0.6 is 0 Å². The number of hydrogen-bond donors (Lipinski definition) is 4. The van der Waals surface area contributed by atoms with Gasteiger partial charge in [-0.1, -0.05) is 243 Å². The summed E-state index contributed by atoms with van der Waals surface area (Å²) in [6, 6.07) is 65.7. The zero-order chi connectivity index (χ0) is 49.2. The zero-order valence-corrected chi connectivity index (χ0v) is 38.7. The Bertz CT molecular complexity index is 2270. The van der Waals surface area contributed by atoms with E-state index in [1.54, 1.807) is 243 Å². The second kappa shape index (κ2) is 24.7. The summed E-state index contributed by atoms with van der Waals surface area (Å²) < 4.78 is 0. The molecule has 0 saturated heterocycles. The average Bonchev–Trinajstić information content (AvgIpc) is 3.40. The smallest absolute Gasteiger partial charge is 0.546 e. The summed E-state index contributed by atoms with van der Waals surface area (Å²) in [5, 5.41) is 86.5. The largest absolute Gasteiger partial charge is 4.00 e. The number of aliphatic carboxylic acids is 4. The van der Waals surface area contributed by atoms with Crippen LogP contribution in [0.4, 0.5) is 0 Å². The predicted molar refractivity (Wildman–Crippen MR) is 249 cm³/mol. The number of benzene rings is 8. The van der Waals surface area contributed by atoms with Gasteiger partial charge in [-0.2, -0.15) is 0 Å². The van der Waals surface area contributed by atoms with Crippen LogP contribution in [0.2, 0.25) is 0 Å². The second-order valence-corrected chi connectivity index (χ2v) is 14.9.